The molecule has 0 amide bonds. The molecule has 11 heavy (non-hydrogen) atoms. The van der Waals surface area contributed by atoms with E-state index in [4.69, 9.17) is 6.42 Å². The molecule has 0 fully saturated rings. The zero-order chi connectivity index (χ0) is 8.74. The first kappa shape index (κ1) is 10.2. The van der Waals surface area contributed by atoms with Crippen LogP contribution < -0.4 is 5.32 Å². The van der Waals surface area contributed by atoms with Crippen molar-refractivity contribution in [2.45, 2.75) is 0 Å². The summed E-state index contributed by atoms with van der Waals surface area (Å²) < 4.78 is 21.0. The van der Waals surface area contributed by atoms with Crippen LogP contribution in [0, 0.1) is 12.3 Å². The van der Waals surface area contributed by atoms with Gasteiger partial charge in [-0.05, 0) is 0 Å². The highest BCUT2D eigenvalue weighted by Gasteiger charge is 1.90. The molecule has 0 heterocycles. The average molecular weight is 173 g/mol. The van der Waals surface area contributed by atoms with Crippen LogP contribution in [-0.2, 0) is 9.84 Å². The predicted molar refractivity (Wildman–Crippen MR) is 45.7 cm³/mol. The molecule has 3 nitrogen and oxygen atoms in total. The van der Waals surface area contributed by atoms with Gasteiger partial charge in [-0.25, -0.2) is 8.42 Å². The van der Waals surface area contributed by atoms with E-state index in [1.165, 1.54) is 6.08 Å². The summed E-state index contributed by atoms with van der Waals surface area (Å²) in [6.07, 6.45) is 7.61. The number of rotatable bonds is 4. The summed E-state index contributed by atoms with van der Waals surface area (Å²) in [5.41, 5.74) is 0. The van der Waals surface area contributed by atoms with Gasteiger partial charge in [-0.2, -0.15) is 0 Å². The molecule has 4 heteroatoms. The van der Waals surface area contributed by atoms with Gasteiger partial charge >= 0.3 is 0 Å². The first-order valence-corrected chi connectivity index (χ1v) is 5.02. The smallest absolute Gasteiger partial charge is 0.168 e. The maximum atomic E-state index is 10.5. The van der Waals surface area contributed by atoms with Crippen LogP contribution >= 0.6 is 0 Å². The second-order valence-electron chi connectivity index (χ2n) is 2.04. The lowest BCUT2D eigenvalue weighted by Gasteiger charge is -1.91. The van der Waals surface area contributed by atoms with Gasteiger partial charge in [-0.1, -0.05) is 12.0 Å². The van der Waals surface area contributed by atoms with Crippen LogP contribution in [0.25, 0.3) is 0 Å². The van der Waals surface area contributed by atoms with Gasteiger partial charge in [0.1, 0.15) is 0 Å². The number of sulfone groups is 1. The molecule has 0 aliphatic rings. The molecule has 0 aromatic rings. The Morgan fingerprint density at radius 2 is 2.27 bits per heavy atom. The fourth-order valence-electron chi connectivity index (χ4n) is 0.451. The van der Waals surface area contributed by atoms with Crippen molar-refractivity contribution in [3.05, 3.63) is 11.5 Å². The normalized spacial score (nSPS) is 11.6. The quantitative estimate of drug-likeness (QED) is 0.472. The molecular weight excluding hydrogens is 162 g/mol. The third-order valence-corrected chi connectivity index (χ3v) is 1.52. The number of hydrogen-bond acceptors (Lipinski definition) is 3. The Balaban J connectivity index is 3.57. The Labute approximate surface area is 67.4 Å². The minimum absolute atomic E-state index is 0.452. The summed E-state index contributed by atoms with van der Waals surface area (Å²) in [5, 5.41) is 3.97. The fraction of sp³-hybridized carbons (Fsp3) is 0.429. The van der Waals surface area contributed by atoms with E-state index in [9.17, 15) is 8.42 Å². The molecule has 0 aromatic carbocycles. The minimum atomic E-state index is -2.98. The standard InChI is InChI=1S/C7H11NO2S/c1-3-5-8-6-4-7-11(2,9)10/h1,4,7-8H,5-6H2,2H3/b7-4+. The average Bonchev–Trinajstić information content (AvgIpc) is 1.85. The highest BCUT2D eigenvalue weighted by Crippen LogP contribution is 1.82. The maximum Gasteiger partial charge on any atom is 0.168 e. The van der Waals surface area contributed by atoms with Crippen molar-refractivity contribution in [2.24, 2.45) is 0 Å². The molecule has 0 aliphatic heterocycles. The number of nitrogens with one attached hydrogen (secondary N) is 1. The molecule has 0 atom stereocenters. The zero-order valence-corrected chi connectivity index (χ0v) is 7.19. The van der Waals surface area contributed by atoms with Gasteiger partial charge in [0, 0.05) is 18.2 Å². The summed E-state index contributed by atoms with van der Waals surface area (Å²) in [7, 11) is -2.98. The van der Waals surface area contributed by atoms with E-state index in [2.05, 4.69) is 11.2 Å². The predicted octanol–water partition coefficient (Wildman–Crippen LogP) is -0.232. The Morgan fingerprint density at radius 3 is 2.73 bits per heavy atom. The van der Waals surface area contributed by atoms with Crippen molar-refractivity contribution in [3.8, 4) is 12.3 Å². The SMILES string of the molecule is C#CCNC/C=C/S(C)(=O)=O. The lowest BCUT2D eigenvalue weighted by atomic mass is 10.6. The molecule has 0 radical (unpaired) electrons. The van der Waals surface area contributed by atoms with Crippen molar-refractivity contribution in [1.29, 1.82) is 0 Å². The van der Waals surface area contributed by atoms with Crippen LogP contribution in [0.3, 0.4) is 0 Å². The molecule has 0 saturated heterocycles. The largest absolute Gasteiger partial charge is 0.303 e. The molecule has 0 unspecified atom stereocenters. The van der Waals surface area contributed by atoms with Crippen molar-refractivity contribution < 1.29 is 8.42 Å². The zero-order valence-electron chi connectivity index (χ0n) is 6.37. The number of hydrogen-bond donors (Lipinski definition) is 1. The highest BCUT2D eigenvalue weighted by atomic mass is 32.2. The third-order valence-electron chi connectivity index (χ3n) is 0.833. The summed E-state index contributed by atoms with van der Waals surface area (Å²) in [5.74, 6) is 2.37. The molecule has 0 saturated carbocycles. The van der Waals surface area contributed by atoms with E-state index in [1.807, 2.05) is 0 Å². The van der Waals surface area contributed by atoms with Gasteiger partial charge in [0.2, 0.25) is 0 Å². The highest BCUT2D eigenvalue weighted by molar-refractivity contribution is 7.93. The van der Waals surface area contributed by atoms with E-state index in [0.717, 1.165) is 11.7 Å². The van der Waals surface area contributed by atoms with Gasteiger partial charge in [0.15, 0.2) is 9.84 Å². The van der Waals surface area contributed by atoms with E-state index in [1.54, 1.807) is 0 Å². The van der Waals surface area contributed by atoms with Gasteiger partial charge in [-0.15, -0.1) is 6.42 Å². The van der Waals surface area contributed by atoms with E-state index < -0.39 is 9.84 Å². The number of terminal acetylenes is 1. The lowest BCUT2D eigenvalue weighted by molar-refractivity contribution is 0.610. The summed E-state index contributed by atoms with van der Waals surface area (Å²) in [6, 6.07) is 0. The lowest BCUT2D eigenvalue weighted by Crippen LogP contribution is -2.13. The molecule has 0 bridgehead atoms. The van der Waals surface area contributed by atoms with Crippen LogP contribution in [0.2, 0.25) is 0 Å². The summed E-state index contributed by atoms with van der Waals surface area (Å²) >= 11 is 0. The monoisotopic (exact) mass is 173 g/mol. The first-order chi connectivity index (χ1) is 5.06. The topological polar surface area (TPSA) is 46.2 Å². The third kappa shape index (κ3) is 9.21. The molecule has 0 spiro atoms. The molecule has 0 aromatic heterocycles. The summed E-state index contributed by atoms with van der Waals surface area (Å²) in [6.45, 7) is 0.936. The Bertz CT molecular complexity index is 259. The van der Waals surface area contributed by atoms with Crippen molar-refractivity contribution in [3.63, 3.8) is 0 Å². The van der Waals surface area contributed by atoms with E-state index >= 15 is 0 Å². The molecule has 1 N–H and O–H groups in total. The van der Waals surface area contributed by atoms with Gasteiger partial charge in [-0.3, -0.25) is 0 Å². The van der Waals surface area contributed by atoms with Crippen LogP contribution in [-0.4, -0.2) is 27.8 Å². The van der Waals surface area contributed by atoms with Gasteiger partial charge < -0.3 is 5.32 Å². The Hall–Kier alpha value is -0.790. The van der Waals surface area contributed by atoms with Crippen LogP contribution in [0.15, 0.2) is 11.5 Å². The van der Waals surface area contributed by atoms with Crippen LogP contribution in [0.5, 0.6) is 0 Å². The second kappa shape index (κ2) is 4.94. The molecule has 0 rings (SSSR count). The summed E-state index contributed by atoms with van der Waals surface area (Å²) in [4.78, 5) is 0. The minimum Gasteiger partial charge on any atom is -0.303 e. The van der Waals surface area contributed by atoms with E-state index in [0.29, 0.717) is 13.1 Å². The van der Waals surface area contributed by atoms with Gasteiger partial charge in [0.05, 0.1) is 6.54 Å². The molecule has 62 valence electrons. The molecular formula is C7H11NO2S. The first-order valence-electron chi connectivity index (χ1n) is 3.07. The van der Waals surface area contributed by atoms with Crippen LogP contribution in [0.1, 0.15) is 0 Å². The fourth-order valence-corrected chi connectivity index (χ4v) is 0.896. The second-order valence-corrected chi connectivity index (χ2v) is 3.97. The van der Waals surface area contributed by atoms with Crippen molar-refractivity contribution >= 4 is 9.84 Å². The van der Waals surface area contributed by atoms with Crippen molar-refractivity contribution in [1.82, 2.24) is 5.32 Å². The Kier molecular flexibility index (Phi) is 4.59. The van der Waals surface area contributed by atoms with E-state index in [-0.39, 0.29) is 0 Å². The Morgan fingerprint density at radius 1 is 1.64 bits per heavy atom. The maximum absolute atomic E-state index is 10.5. The van der Waals surface area contributed by atoms with Gasteiger partial charge in [0.25, 0.3) is 0 Å². The van der Waals surface area contributed by atoms with Crippen molar-refractivity contribution in [2.75, 3.05) is 19.3 Å². The van der Waals surface area contributed by atoms with Crippen LogP contribution in [0.4, 0.5) is 0 Å². The molecule has 0 aliphatic carbocycles.